The monoisotopic (exact) mass is 332 g/mol. The van der Waals surface area contributed by atoms with Gasteiger partial charge in [-0.3, -0.25) is 4.79 Å². The van der Waals surface area contributed by atoms with E-state index in [4.69, 9.17) is 14.2 Å². The second kappa shape index (κ2) is 7.50. The van der Waals surface area contributed by atoms with Crippen LogP contribution >= 0.6 is 0 Å². The highest BCUT2D eigenvalue weighted by molar-refractivity contribution is 6.13. The molecule has 0 fully saturated rings. The Kier molecular flexibility index (Phi) is 5.42. The maximum atomic E-state index is 14.3. The molecule has 6 heteroatoms. The standard InChI is InChI=1S/C18H17FO5/c1-22-12-6-4-11(5-7-12)8-14(19)18(21)17-15(20)9-13(23-2)10-16(17)24-3/h4-10,20H,1-3H3/b14-8-. The first-order chi connectivity index (χ1) is 11.5. The normalized spacial score (nSPS) is 11.1. The molecule has 0 spiro atoms. The molecular formula is C18H17FO5. The molecule has 0 aliphatic carbocycles. The van der Waals surface area contributed by atoms with E-state index in [1.165, 1.54) is 33.5 Å². The number of halogens is 1. The predicted octanol–water partition coefficient (Wildman–Crippen LogP) is 3.61. The molecule has 0 unspecified atom stereocenters. The van der Waals surface area contributed by atoms with Gasteiger partial charge in [-0.2, -0.15) is 0 Å². The number of aromatic hydroxyl groups is 1. The van der Waals surface area contributed by atoms with E-state index < -0.39 is 17.4 Å². The number of hydrogen-bond donors (Lipinski definition) is 1. The van der Waals surface area contributed by atoms with Crippen molar-refractivity contribution in [3.05, 3.63) is 53.4 Å². The van der Waals surface area contributed by atoms with Crippen LogP contribution in [0.2, 0.25) is 0 Å². The molecule has 126 valence electrons. The largest absolute Gasteiger partial charge is 0.507 e. The van der Waals surface area contributed by atoms with Crippen LogP contribution in [-0.4, -0.2) is 32.2 Å². The molecule has 0 atom stereocenters. The number of phenolic OH excluding ortho intramolecular Hbond substituents is 1. The van der Waals surface area contributed by atoms with Crippen molar-refractivity contribution in [1.82, 2.24) is 0 Å². The molecule has 5 nitrogen and oxygen atoms in total. The Morgan fingerprint density at radius 1 is 1.00 bits per heavy atom. The van der Waals surface area contributed by atoms with Gasteiger partial charge in [-0.25, -0.2) is 4.39 Å². The SMILES string of the molecule is COc1ccc(/C=C(\F)C(=O)c2c(O)cc(OC)cc2OC)cc1. The van der Waals surface area contributed by atoms with Gasteiger partial charge in [0.25, 0.3) is 0 Å². The number of allylic oxidation sites excluding steroid dienone is 1. The Bertz CT molecular complexity index is 766. The van der Waals surface area contributed by atoms with Gasteiger partial charge in [0, 0.05) is 12.1 Å². The molecular weight excluding hydrogens is 315 g/mol. The zero-order chi connectivity index (χ0) is 17.7. The van der Waals surface area contributed by atoms with Crippen LogP contribution in [0.4, 0.5) is 4.39 Å². The predicted molar refractivity (Wildman–Crippen MR) is 87.6 cm³/mol. The highest BCUT2D eigenvalue weighted by Gasteiger charge is 2.22. The summed E-state index contributed by atoms with van der Waals surface area (Å²) in [6.07, 6.45) is 1.07. The number of Topliss-reactive ketones (excluding diaryl/α,β-unsaturated/α-hetero) is 1. The quantitative estimate of drug-likeness (QED) is 0.647. The molecule has 0 aliphatic heterocycles. The summed E-state index contributed by atoms with van der Waals surface area (Å²) in [7, 11) is 4.24. The van der Waals surface area contributed by atoms with Crippen molar-refractivity contribution in [3.8, 4) is 23.0 Å². The van der Waals surface area contributed by atoms with Crippen LogP contribution in [0.3, 0.4) is 0 Å². The van der Waals surface area contributed by atoms with E-state index in [9.17, 15) is 14.3 Å². The van der Waals surface area contributed by atoms with E-state index in [1.807, 2.05) is 0 Å². The maximum Gasteiger partial charge on any atom is 0.228 e. The van der Waals surface area contributed by atoms with Gasteiger partial charge in [-0.1, -0.05) is 12.1 Å². The van der Waals surface area contributed by atoms with Gasteiger partial charge >= 0.3 is 0 Å². The van der Waals surface area contributed by atoms with Crippen LogP contribution in [0.1, 0.15) is 15.9 Å². The van der Waals surface area contributed by atoms with Crippen LogP contribution < -0.4 is 14.2 Å². The number of rotatable bonds is 6. The lowest BCUT2D eigenvalue weighted by Gasteiger charge is -2.11. The number of ketones is 1. The smallest absolute Gasteiger partial charge is 0.228 e. The fraction of sp³-hybridized carbons (Fsp3) is 0.167. The lowest BCUT2D eigenvalue weighted by atomic mass is 10.1. The van der Waals surface area contributed by atoms with Gasteiger partial charge in [0.15, 0.2) is 5.83 Å². The summed E-state index contributed by atoms with van der Waals surface area (Å²) >= 11 is 0. The first kappa shape index (κ1) is 17.3. The van der Waals surface area contributed by atoms with Gasteiger partial charge in [0.2, 0.25) is 5.78 Å². The van der Waals surface area contributed by atoms with E-state index >= 15 is 0 Å². The minimum atomic E-state index is -1.03. The van der Waals surface area contributed by atoms with Crippen LogP contribution in [0.5, 0.6) is 23.0 Å². The second-order valence-corrected chi connectivity index (χ2v) is 4.82. The number of hydrogen-bond acceptors (Lipinski definition) is 5. The van der Waals surface area contributed by atoms with Crippen LogP contribution in [0.25, 0.3) is 6.08 Å². The maximum absolute atomic E-state index is 14.3. The van der Waals surface area contributed by atoms with Gasteiger partial charge in [0.1, 0.15) is 28.6 Å². The van der Waals surface area contributed by atoms with Crippen LogP contribution in [-0.2, 0) is 0 Å². The zero-order valence-electron chi connectivity index (χ0n) is 13.5. The van der Waals surface area contributed by atoms with Crippen molar-refractivity contribution in [1.29, 1.82) is 0 Å². The lowest BCUT2D eigenvalue weighted by molar-refractivity contribution is 0.100. The third kappa shape index (κ3) is 3.65. The Hall–Kier alpha value is -3.02. The van der Waals surface area contributed by atoms with Gasteiger partial charge < -0.3 is 19.3 Å². The van der Waals surface area contributed by atoms with Crippen molar-refractivity contribution in [2.45, 2.75) is 0 Å². The summed E-state index contributed by atoms with van der Waals surface area (Å²) in [5, 5.41) is 10.00. The molecule has 0 radical (unpaired) electrons. The van der Waals surface area contributed by atoms with Crippen molar-refractivity contribution < 1.29 is 28.5 Å². The number of ether oxygens (including phenoxy) is 3. The fourth-order valence-corrected chi connectivity index (χ4v) is 2.11. The summed E-state index contributed by atoms with van der Waals surface area (Å²) in [5.74, 6) is -1.50. The molecule has 0 amide bonds. The number of carbonyl (C=O) groups excluding carboxylic acids is 1. The highest BCUT2D eigenvalue weighted by atomic mass is 19.1. The van der Waals surface area contributed by atoms with Gasteiger partial charge in [0.05, 0.1) is 21.3 Å². The molecule has 1 N–H and O–H groups in total. The van der Waals surface area contributed by atoms with Crippen molar-refractivity contribution in [2.75, 3.05) is 21.3 Å². The number of benzene rings is 2. The fourth-order valence-electron chi connectivity index (χ4n) is 2.11. The molecule has 0 saturated heterocycles. The van der Waals surface area contributed by atoms with Gasteiger partial charge in [-0.05, 0) is 23.8 Å². The average molecular weight is 332 g/mol. The Morgan fingerprint density at radius 3 is 2.17 bits per heavy atom. The number of methoxy groups -OCH3 is 3. The molecule has 0 saturated carbocycles. The van der Waals surface area contributed by atoms with E-state index in [0.29, 0.717) is 17.1 Å². The average Bonchev–Trinajstić information content (AvgIpc) is 2.60. The first-order valence-electron chi connectivity index (χ1n) is 7.01. The molecule has 0 aliphatic rings. The number of phenols is 1. The first-order valence-corrected chi connectivity index (χ1v) is 7.01. The molecule has 0 aromatic heterocycles. The Morgan fingerprint density at radius 2 is 1.62 bits per heavy atom. The zero-order valence-corrected chi connectivity index (χ0v) is 13.5. The molecule has 2 aromatic rings. The summed E-state index contributed by atoms with van der Waals surface area (Å²) in [6, 6.07) is 9.13. The topological polar surface area (TPSA) is 65.0 Å². The molecule has 2 rings (SSSR count). The summed E-state index contributed by atoms with van der Waals surface area (Å²) in [5.41, 5.74) is 0.217. The molecule has 0 bridgehead atoms. The second-order valence-electron chi connectivity index (χ2n) is 4.82. The van der Waals surface area contributed by atoms with E-state index in [0.717, 1.165) is 6.08 Å². The minimum Gasteiger partial charge on any atom is -0.507 e. The minimum absolute atomic E-state index is 0.0233. The summed E-state index contributed by atoms with van der Waals surface area (Å²) < 4.78 is 29.4. The van der Waals surface area contributed by atoms with Crippen molar-refractivity contribution in [3.63, 3.8) is 0 Å². The van der Waals surface area contributed by atoms with E-state index in [2.05, 4.69) is 0 Å². The number of carbonyl (C=O) groups is 1. The van der Waals surface area contributed by atoms with Crippen LogP contribution in [0, 0.1) is 0 Å². The molecule has 2 aromatic carbocycles. The van der Waals surface area contributed by atoms with Gasteiger partial charge in [-0.15, -0.1) is 0 Å². The van der Waals surface area contributed by atoms with Crippen molar-refractivity contribution in [2.24, 2.45) is 0 Å². The summed E-state index contributed by atoms with van der Waals surface area (Å²) in [6.45, 7) is 0. The lowest BCUT2D eigenvalue weighted by Crippen LogP contribution is -2.04. The van der Waals surface area contributed by atoms with E-state index in [-0.39, 0.29) is 11.3 Å². The summed E-state index contributed by atoms with van der Waals surface area (Å²) in [4.78, 5) is 12.3. The highest BCUT2D eigenvalue weighted by Crippen LogP contribution is 2.35. The Balaban J connectivity index is 2.38. The third-order valence-electron chi connectivity index (χ3n) is 3.36. The molecule has 24 heavy (non-hydrogen) atoms. The molecule has 0 heterocycles. The Labute approximate surface area is 138 Å². The van der Waals surface area contributed by atoms with Crippen molar-refractivity contribution >= 4 is 11.9 Å². The van der Waals surface area contributed by atoms with Crippen LogP contribution in [0.15, 0.2) is 42.2 Å². The van der Waals surface area contributed by atoms with E-state index in [1.54, 1.807) is 24.3 Å². The third-order valence-corrected chi connectivity index (χ3v) is 3.36.